The van der Waals surface area contributed by atoms with E-state index in [9.17, 15) is 9.18 Å². The van der Waals surface area contributed by atoms with Gasteiger partial charge in [-0.05, 0) is 29.8 Å². The number of nitrogens with zero attached hydrogens (tertiary/aromatic N) is 2. The van der Waals surface area contributed by atoms with Crippen molar-refractivity contribution >= 4 is 21.9 Å². The molecule has 0 atom stereocenters. The standard InChI is InChI=1S/C17H12BrFN2O3/c18-13-3-1-2-12(9-13)17-20-15(24-21-17)10-23-16(22)8-11-4-6-14(19)7-5-11/h1-7,9H,8,10H2. The normalized spacial score (nSPS) is 10.6. The number of benzene rings is 2. The molecule has 0 amide bonds. The van der Waals surface area contributed by atoms with Crippen molar-refractivity contribution in [2.24, 2.45) is 0 Å². The molecule has 0 aliphatic rings. The predicted octanol–water partition coefficient (Wildman–Crippen LogP) is 3.92. The third-order valence-electron chi connectivity index (χ3n) is 3.17. The third-order valence-corrected chi connectivity index (χ3v) is 3.66. The lowest BCUT2D eigenvalue weighted by Crippen LogP contribution is -2.08. The average molecular weight is 391 g/mol. The molecule has 3 rings (SSSR count). The largest absolute Gasteiger partial charge is 0.455 e. The Bertz CT molecular complexity index is 849. The summed E-state index contributed by atoms with van der Waals surface area (Å²) in [5.41, 5.74) is 1.46. The SMILES string of the molecule is O=C(Cc1ccc(F)cc1)OCc1nc(-c2cccc(Br)c2)no1. The van der Waals surface area contributed by atoms with E-state index in [0.717, 1.165) is 10.0 Å². The summed E-state index contributed by atoms with van der Waals surface area (Å²) in [6.45, 7) is -0.110. The van der Waals surface area contributed by atoms with Crippen LogP contribution < -0.4 is 0 Å². The Balaban J connectivity index is 1.57. The highest BCUT2D eigenvalue weighted by atomic mass is 79.9. The lowest BCUT2D eigenvalue weighted by Gasteiger charge is -2.02. The van der Waals surface area contributed by atoms with Gasteiger partial charge in [0.25, 0.3) is 5.89 Å². The number of rotatable bonds is 5. The van der Waals surface area contributed by atoms with Gasteiger partial charge in [-0.1, -0.05) is 45.4 Å². The molecule has 0 radical (unpaired) electrons. The molecule has 0 aliphatic carbocycles. The number of halogens is 2. The third kappa shape index (κ3) is 4.26. The van der Waals surface area contributed by atoms with E-state index >= 15 is 0 Å². The number of hydrogen-bond donors (Lipinski definition) is 0. The summed E-state index contributed by atoms with van der Waals surface area (Å²) in [7, 11) is 0. The lowest BCUT2D eigenvalue weighted by atomic mass is 10.1. The minimum absolute atomic E-state index is 0.0485. The van der Waals surface area contributed by atoms with E-state index in [1.165, 1.54) is 24.3 Å². The number of hydrogen-bond acceptors (Lipinski definition) is 5. The number of ether oxygens (including phenoxy) is 1. The van der Waals surface area contributed by atoms with Crippen LogP contribution in [-0.4, -0.2) is 16.1 Å². The topological polar surface area (TPSA) is 65.2 Å². The van der Waals surface area contributed by atoms with Crippen molar-refractivity contribution in [2.75, 3.05) is 0 Å². The summed E-state index contributed by atoms with van der Waals surface area (Å²) in [5.74, 6) is -0.180. The number of aromatic nitrogens is 2. The Morgan fingerprint density at radius 1 is 1.21 bits per heavy atom. The van der Waals surface area contributed by atoms with E-state index in [1.54, 1.807) is 0 Å². The van der Waals surface area contributed by atoms with Gasteiger partial charge in [0.1, 0.15) is 5.82 Å². The maximum atomic E-state index is 12.8. The molecule has 0 saturated carbocycles. The van der Waals surface area contributed by atoms with Crippen LogP contribution in [0.3, 0.4) is 0 Å². The molecule has 0 saturated heterocycles. The number of esters is 1. The van der Waals surface area contributed by atoms with Gasteiger partial charge in [-0.25, -0.2) is 4.39 Å². The molecule has 0 bridgehead atoms. The second-order valence-corrected chi connectivity index (χ2v) is 5.90. The van der Waals surface area contributed by atoms with E-state index in [4.69, 9.17) is 9.26 Å². The number of carbonyl (C=O) groups is 1. The average Bonchev–Trinajstić information content (AvgIpc) is 3.04. The Hall–Kier alpha value is -2.54. The maximum absolute atomic E-state index is 12.8. The van der Waals surface area contributed by atoms with E-state index in [-0.39, 0.29) is 24.7 Å². The van der Waals surface area contributed by atoms with Crippen molar-refractivity contribution in [1.29, 1.82) is 0 Å². The Kier molecular flexibility index (Phi) is 5.00. The molecule has 0 N–H and O–H groups in total. The molecule has 0 unspecified atom stereocenters. The lowest BCUT2D eigenvalue weighted by molar-refractivity contribution is -0.144. The summed E-state index contributed by atoms with van der Waals surface area (Å²) < 4.78 is 23.9. The van der Waals surface area contributed by atoms with Crippen LogP contribution in [0, 0.1) is 5.82 Å². The van der Waals surface area contributed by atoms with E-state index < -0.39 is 5.97 Å². The van der Waals surface area contributed by atoms with Crippen LogP contribution in [0.25, 0.3) is 11.4 Å². The van der Waals surface area contributed by atoms with Crippen LogP contribution in [0.1, 0.15) is 11.5 Å². The number of carbonyl (C=O) groups excluding carboxylic acids is 1. The summed E-state index contributed by atoms with van der Waals surface area (Å²) in [4.78, 5) is 16.0. The summed E-state index contributed by atoms with van der Waals surface area (Å²) >= 11 is 3.37. The highest BCUT2D eigenvalue weighted by molar-refractivity contribution is 9.10. The second kappa shape index (κ2) is 7.35. The molecule has 2 aromatic carbocycles. The summed E-state index contributed by atoms with van der Waals surface area (Å²) in [6.07, 6.45) is 0.0485. The van der Waals surface area contributed by atoms with Gasteiger partial charge in [0.2, 0.25) is 5.82 Å². The first kappa shape index (κ1) is 16.3. The van der Waals surface area contributed by atoms with Gasteiger partial charge in [0.15, 0.2) is 6.61 Å². The van der Waals surface area contributed by atoms with E-state index in [1.807, 2.05) is 24.3 Å². The molecule has 5 nitrogen and oxygen atoms in total. The highest BCUT2D eigenvalue weighted by Gasteiger charge is 2.12. The van der Waals surface area contributed by atoms with Gasteiger partial charge in [-0.15, -0.1) is 0 Å². The van der Waals surface area contributed by atoms with Crippen molar-refractivity contribution in [2.45, 2.75) is 13.0 Å². The molecule has 0 fully saturated rings. The smallest absolute Gasteiger partial charge is 0.310 e. The first-order chi connectivity index (χ1) is 11.6. The zero-order valence-electron chi connectivity index (χ0n) is 12.4. The second-order valence-electron chi connectivity index (χ2n) is 4.99. The van der Waals surface area contributed by atoms with Crippen LogP contribution in [0.4, 0.5) is 4.39 Å². The van der Waals surface area contributed by atoms with Gasteiger partial charge < -0.3 is 9.26 Å². The zero-order chi connectivity index (χ0) is 16.9. The Labute approximate surface area is 145 Å². The van der Waals surface area contributed by atoms with Crippen LogP contribution in [0.2, 0.25) is 0 Å². The van der Waals surface area contributed by atoms with Crippen molar-refractivity contribution < 1.29 is 18.4 Å². The fourth-order valence-electron chi connectivity index (χ4n) is 2.02. The van der Waals surface area contributed by atoms with E-state index in [0.29, 0.717) is 11.4 Å². The van der Waals surface area contributed by atoms with Gasteiger partial charge in [0, 0.05) is 10.0 Å². The molecular weight excluding hydrogens is 379 g/mol. The monoisotopic (exact) mass is 390 g/mol. The highest BCUT2D eigenvalue weighted by Crippen LogP contribution is 2.20. The molecule has 24 heavy (non-hydrogen) atoms. The molecule has 1 aromatic heterocycles. The van der Waals surface area contributed by atoms with Gasteiger partial charge in [0.05, 0.1) is 6.42 Å². The fraction of sp³-hybridized carbons (Fsp3) is 0.118. The first-order valence-electron chi connectivity index (χ1n) is 7.09. The van der Waals surface area contributed by atoms with Crippen LogP contribution >= 0.6 is 15.9 Å². The maximum Gasteiger partial charge on any atom is 0.310 e. The summed E-state index contributed by atoms with van der Waals surface area (Å²) in [5, 5.41) is 3.86. The molecule has 7 heteroatoms. The van der Waals surface area contributed by atoms with Crippen molar-refractivity contribution in [3.63, 3.8) is 0 Å². The van der Waals surface area contributed by atoms with Crippen LogP contribution in [0.15, 0.2) is 57.5 Å². The molecule has 122 valence electrons. The van der Waals surface area contributed by atoms with E-state index in [2.05, 4.69) is 26.1 Å². The first-order valence-corrected chi connectivity index (χ1v) is 7.88. The minimum atomic E-state index is -0.455. The van der Waals surface area contributed by atoms with Gasteiger partial charge >= 0.3 is 5.97 Å². The Morgan fingerprint density at radius 2 is 2.00 bits per heavy atom. The molecule has 0 aliphatic heterocycles. The predicted molar refractivity (Wildman–Crippen MR) is 87.3 cm³/mol. The van der Waals surface area contributed by atoms with Gasteiger partial charge in [-0.2, -0.15) is 4.98 Å². The van der Waals surface area contributed by atoms with Gasteiger partial charge in [-0.3, -0.25) is 4.79 Å². The van der Waals surface area contributed by atoms with Crippen LogP contribution in [-0.2, 0) is 22.6 Å². The van der Waals surface area contributed by atoms with Crippen molar-refractivity contribution in [1.82, 2.24) is 10.1 Å². The fourth-order valence-corrected chi connectivity index (χ4v) is 2.42. The summed E-state index contributed by atoms with van der Waals surface area (Å²) in [6, 6.07) is 13.1. The van der Waals surface area contributed by atoms with Crippen molar-refractivity contribution in [3.05, 3.63) is 70.3 Å². The minimum Gasteiger partial charge on any atom is -0.455 e. The molecule has 1 heterocycles. The zero-order valence-corrected chi connectivity index (χ0v) is 14.0. The Morgan fingerprint density at radius 3 is 2.75 bits per heavy atom. The molecule has 0 spiro atoms. The quantitative estimate of drug-likeness (QED) is 0.617. The van der Waals surface area contributed by atoms with Crippen molar-refractivity contribution in [3.8, 4) is 11.4 Å². The molecule has 3 aromatic rings. The van der Waals surface area contributed by atoms with Crippen LogP contribution in [0.5, 0.6) is 0 Å². The molecular formula is C17H12BrFN2O3.